The molecule has 0 aliphatic carbocycles. The van der Waals surface area contributed by atoms with Crippen LogP contribution in [0, 0.1) is 5.92 Å². The summed E-state index contributed by atoms with van der Waals surface area (Å²) in [6, 6.07) is 10.4. The summed E-state index contributed by atoms with van der Waals surface area (Å²) >= 11 is 0. The molecule has 1 heterocycles. The van der Waals surface area contributed by atoms with Gasteiger partial charge in [0.05, 0.1) is 12.7 Å². The lowest BCUT2D eigenvalue weighted by Gasteiger charge is -2.23. The van der Waals surface area contributed by atoms with Gasteiger partial charge in [-0.2, -0.15) is 0 Å². The van der Waals surface area contributed by atoms with E-state index in [-0.39, 0.29) is 18.3 Å². The molecule has 16 heavy (non-hydrogen) atoms. The summed E-state index contributed by atoms with van der Waals surface area (Å²) in [4.78, 5) is 0. The maximum atomic E-state index is 5.37. The number of hydrogen-bond donors (Lipinski definition) is 0. The molecule has 1 aliphatic rings. The molecule has 1 aromatic carbocycles. The Labute approximate surface area is 96.3 Å². The largest absolute Gasteiger partial charge is 0.373 e. The van der Waals surface area contributed by atoms with Gasteiger partial charge in [0.2, 0.25) is 0 Å². The summed E-state index contributed by atoms with van der Waals surface area (Å²) in [5, 5.41) is 0. The molecule has 0 radical (unpaired) electrons. The number of ether oxygens (including phenoxy) is 3. The minimum Gasteiger partial charge on any atom is -0.373 e. The fraction of sp³-hybridized carbons (Fsp3) is 0.538. The standard InChI is InChI=1S/C13H18O3/c1-14-13(15-2)11(12-9-16-12)8-10-6-4-3-5-7-10/h3-7,11-13H,8-9H2,1-2H3. The molecule has 1 saturated heterocycles. The molecule has 2 atom stereocenters. The second-order valence-corrected chi connectivity index (χ2v) is 4.07. The van der Waals surface area contributed by atoms with Gasteiger partial charge in [-0.15, -0.1) is 0 Å². The quantitative estimate of drug-likeness (QED) is 0.544. The molecule has 0 aromatic heterocycles. The maximum absolute atomic E-state index is 5.37. The van der Waals surface area contributed by atoms with E-state index >= 15 is 0 Å². The third kappa shape index (κ3) is 2.82. The summed E-state index contributed by atoms with van der Waals surface area (Å²) in [6.45, 7) is 0.820. The van der Waals surface area contributed by atoms with Gasteiger partial charge in [0, 0.05) is 20.1 Å². The molecule has 1 aliphatic heterocycles. The van der Waals surface area contributed by atoms with Crippen molar-refractivity contribution in [1.29, 1.82) is 0 Å². The number of benzene rings is 1. The van der Waals surface area contributed by atoms with Crippen LogP contribution in [0.4, 0.5) is 0 Å². The van der Waals surface area contributed by atoms with Gasteiger partial charge in [0.15, 0.2) is 6.29 Å². The number of hydrogen-bond acceptors (Lipinski definition) is 3. The molecule has 0 amide bonds. The summed E-state index contributed by atoms with van der Waals surface area (Å²) in [5.74, 6) is 0.275. The maximum Gasteiger partial charge on any atom is 0.162 e. The lowest BCUT2D eigenvalue weighted by atomic mass is 9.96. The fourth-order valence-electron chi connectivity index (χ4n) is 2.04. The highest BCUT2D eigenvalue weighted by atomic mass is 16.7. The molecule has 2 unspecified atom stereocenters. The SMILES string of the molecule is COC(OC)C(Cc1ccccc1)C1CO1. The van der Waals surface area contributed by atoms with Crippen LogP contribution in [0.15, 0.2) is 30.3 Å². The Morgan fingerprint density at radius 1 is 1.25 bits per heavy atom. The normalized spacial score (nSPS) is 21.1. The van der Waals surface area contributed by atoms with Crippen LogP contribution in [0.25, 0.3) is 0 Å². The van der Waals surface area contributed by atoms with Crippen molar-refractivity contribution in [3.05, 3.63) is 35.9 Å². The second kappa shape index (κ2) is 5.43. The van der Waals surface area contributed by atoms with E-state index in [9.17, 15) is 0 Å². The van der Waals surface area contributed by atoms with Crippen LogP contribution in [0.2, 0.25) is 0 Å². The first-order valence-electron chi connectivity index (χ1n) is 5.56. The number of methoxy groups -OCH3 is 2. The van der Waals surface area contributed by atoms with E-state index in [1.165, 1.54) is 5.56 Å². The van der Waals surface area contributed by atoms with E-state index in [2.05, 4.69) is 24.3 Å². The first-order valence-corrected chi connectivity index (χ1v) is 5.56. The summed E-state index contributed by atoms with van der Waals surface area (Å²) < 4.78 is 16.0. The predicted octanol–water partition coefficient (Wildman–Crippen LogP) is 1.86. The van der Waals surface area contributed by atoms with E-state index in [0.717, 1.165) is 13.0 Å². The van der Waals surface area contributed by atoms with Crippen molar-refractivity contribution >= 4 is 0 Å². The molecule has 1 fully saturated rings. The van der Waals surface area contributed by atoms with Crippen molar-refractivity contribution in [1.82, 2.24) is 0 Å². The Bertz CT molecular complexity index is 304. The lowest BCUT2D eigenvalue weighted by molar-refractivity contribution is -0.141. The van der Waals surface area contributed by atoms with Gasteiger partial charge in [-0.25, -0.2) is 0 Å². The zero-order valence-electron chi connectivity index (χ0n) is 9.76. The van der Waals surface area contributed by atoms with Crippen LogP contribution in [0.3, 0.4) is 0 Å². The summed E-state index contributed by atoms with van der Waals surface area (Å²) in [5.41, 5.74) is 1.29. The van der Waals surface area contributed by atoms with Crippen molar-refractivity contribution in [3.8, 4) is 0 Å². The molecule has 0 N–H and O–H groups in total. The Morgan fingerprint density at radius 2 is 1.88 bits per heavy atom. The Kier molecular flexibility index (Phi) is 3.93. The minimum atomic E-state index is -0.187. The highest BCUT2D eigenvalue weighted by Gasteiger charge is 2.38. The third-order valence-electron chi connectivity index (χ3n) is 2.97. The van der Waals surface area contributed by atoms with Gasteiger partial charge in [-0.05, 0) is 12.0 Å². The molecule has 3 nitrogen and oxygen atoms in total. The average molecular weight is 222 g/mol. The third-order valence-corrected chi connectivity index (χ3v) is 2.97. The van der Waals surface area contributed by atoms with Crippen LogP contribution in [0.5, 0.6) is 0 Å². The van der Waals surface area contributed by atoms with Crippen molar-refractivity contribution in [2.24, 2.45) is 5.92 Å². The van der Waals surface area contributed by atoms with Crippen LogP contribution in [0.1, 0.15) is 5.56 Å². The van der Waals surface area contributed by atoms with Gasteiger partial charge in [0.1, 0.15) is 0 Å². The zero-order valence-corrected chi connectivity index (χ0v) is 9.76. The monoisotopic (exact) mass is 222 g/mol. The molecule has 1 aromatic rings. The number of rotatable bonds is 6. The molecule has 0 bridgehead atoms. The predicted molar refractivity (Wildman–Crippen MR) is 61.2 cm³/mol. The van der Waals surface area contributed by atoms with E-state index in [1.807, 2.05) is 6.07 Å². The van der Waals surface area contributed by atoms with E-state index in [1.54, 1.807) is 14.2 Å². The fourth-order valence-corrected chi connectivity index (χ4v) is 2.04. The van der Waals surface area contributed by atoms with Gasteiger partial charge in [0.25, 0.3) is 0 Å². The summed E-state index contributed by atoms with van der Waals surface area (Å²) in [6.07, 6.45) is 1.02. The molecular formula is C13H18O3. The molecule has 88 valence electrons. The minimum absolute atomic E-state index is 0.187. The average Bonchev–Trinajstić information content (AvgIpc) is 3.14. The van der Waals surface area contributed by atoms with Crippen LogP contribution < -0.4 is 0 Å². The van der Waals surface area contributed by atoms with Crippen LogP contribution in [-0.4, -0.2) is 33.2 Å². The Balaban J connectivity index is 2.02. The molecule has 0 spiro atoms. The van der Waals surface area contributed by atoms with E-state index in [4.69, 9.17) is 14.2 Å². The Morgan fingerprint density at radius 3 is 2.38 bits per heavy atom. The molecule has 2 rings (SSSR count). The number of epoxide rings is 1. The van der Waals surface area contributed by atoms with Crippen molar-refractivity contribution in [2.75, 3.05) is 20.8 Å². The van der Waals surface area contributed by atoms with Gasteiger partial charge >= 0.3 is 0 Å². The Hall–Kier alpha value is -0.900. The highest BCUT2D eigenvalue weighted by molar-refractivity contribution is 5.16. The van der Waals surface area contributed by atoms with Crippen LogP contribution >= 0.6 is 0 Å². The summed E-state index contributed by atoms with van der Waals surface area (Å²) in [7, 11) is 3.35. The first kappa shape index (κ1) is 11.6. The van der Waals surface area contributed by atoms with Crippen molar-refractivity contribution < 1.29 is 14.2 Å². The van der Waals surface area contributed by atoms with E-state index in [0.29, 0.717) is 0 Å². The van der Waals surface area contributed by atoms with E-state index < -0.39 is 0 Å². The smallest absolute Gasteiger partial charge is 0.162 e. The molecule has 0 saturated carbocycles. The molecular weight excluding hydrogens is 204 g/mol. The lowest BCUT2D eigenvalue weighted by Crippen LogP contribution is -2.30. The van der Waals surface area contributed by atoms with Gasteiger partial charge in [-0.1, -0.05) is 30.3 Å². The van der Waals surface area contributed by atoms with Crippen molar-refractivity contribution in [3.63, 3.8) is 0 Å². The molecule has 3 heteroatoms. The second-order valence-electron chi connectivity index (χ2n) is 4.07. The van der Waals surface area contributed by atoms with Crippen molar-refractivity contribution in [2.45, 2.75) is 18.8 Å². The highest BCUT2D eigenvalue weighted by Crippen LogP contribution is 2.28. The first-order chi connectivity index (χ1) is 7.85. The van der Waals surface area contributed by atoms with Crippen LogP contribution in [-0.2, 0) is 20.6 Å². The topological polar surface area (TPSA) is 31.0 Å². The van der Waals surface area contributed by atoms with Gasteiger partial charge in [-0.3, -0.25) is 0 Å². The van der Waals surface area contributed by atoms with Gasteiger partial charge < -0.3 is 14.2 Å². The zero-order chi connectivity index (χ0) is 11.4.